The van der Waals surface area contributed by atoms with Gasteiger partial charge in [0.1, 0.15) is 12.4 Å². The Hall–Kier alpha value is -2.02. The van der Waals surface area contributed by atoms with Gasteiger partial charge in [-0.05, 0) is 18.2 Å². The van der Waals surface area contributed by atoms with E-state index in [0.717, 1.165) is 17.9 Å². The molecule has 0 saturated carbocycles. The molecule has 0 radical (unpaired) electrons. The first-order valence-electron chi connectivity index (χ1n) is 6.23. The summed E-state index contributed by atoms with van der Waals surface area (Å²) in [6.07, 6.45) is 4.16. The number of carbonyl (C=O) groups is 1. The second kappa shape index (κ2) is 5.96. The summed E-state index contributed by atoms with van der Waals surface area (Å²) in [4.78, 5) is 16.2. The highest BCUT2D eigenvalue weighted by Gasteiger charge is 2.18. The number of hydrogen-bond donors (Lipinski definition) is 1. The van der Waals surface area contributed by atoms with Crippen LogP contribution in [0.3, 0.4) is 0 Å². The molecule has 0 bridgehead atoms. The molecule has 2 aromatic heterocycles. The molecule has 0 spiro atoms. The summed E-state index contributed by atoms with van der Waals surface area (Å²) < 4.78 is 10.4. The normalized spacial score (nSPS) is 17.9. The number of nitrogens with zero attached hydrogens (tertiary/aromatic N) is 2. The van der Waals surface area contributed by atoms with E-state index < -0.39 is 0 Å². The molecule has 0 aromatic carbocycles. The molecule has 1 atom stereocenters. The topological polar surface area (TPSA) is 77.3 Å². The molecular weight excluding hydrogens is 278 g/mol. The fourth-order valence-electron chi connectivity index (χ4n) is 1.86. The van der Waals surface area contributed by atoms with Gasteiger partial charge in [0.2, 0.25) is 5.88 Å². The number of nitrogens with one attached hydrogen (secondary N) is 1. The Balaban J connectivity index is 1.68. The summed E-state index contributed by atoms with van der Waals surface area (Å²) >= 11 is 1.86. The van der Waals surface area contributed by atoms with Crippen LogP contribution < -0.4 is 10.1 Å². The van der Waals surface area contributed by atoms with Crippen molar-refractivity contribution in [1.82, 2.24) is 10.1 Å². The Morgan fingerprint density at radius 2 is 2.45 bits per heavy atom. The van der Waals surface area contributed by atoms with Gasteiger partial charge in [0.25, 0.3) is 5.91 Å². The monoisotopic (exact) mass is 291 g/mol. The second-order valence-electron chi connectivity index (χ2n) is 4.33. The predicted octanol–water partition coefficient (Wildman–Crippen LogP) is 2.21. The number of carbonyl (C=O) groups excluding carboxylic acids is 1. The minimum Gasteiger partial charge on any atom is -0.473 e. The first kappa shape index (κ1) is 13.0. The van der Waals surface area contributed by atoms with Gasteiger partial charge in [-0.2, -0.15) is 11.8 Å². The molecule has 1 aliphatic rings. The molecule has 20 heavy (non-hydrogen) atoms. The number of hydrogen-bond acceptors (Lipinski definition) is 6. The number of anilines is 1. The van der Waals surface area contributed by atoms with Crippen molar-refractivity contribution in [2.75, 3.05) is 16.8 Å². The van der Waals surface area contributed by atoms with Gasteiger partial charge in [0.05, 0.1) is 0 Å². The quantitative estimate of drug-likeness (QED) is 0.930. The molecule has 3 rings (SSSR count). The smallest absolute Gasteiger partial charge is 0.257 e. The van der Waals surface area contributed by atoms with E-state index in [-0.39, 0.29) is 12.0 Å². The molecule has 1 amide bonds. The van der Waals surface area contributed by atoms with Crippen LogP contribution in [0.4, 0.5) is 5.82 Å². The van der Waals surface area contributed by atoms with Crippen LogP contribution in [-0.4, -0.2) is 33.7 Å². The second-order valence-corrected chi connectivity index (χ2v) is 5.47. The van der Waals surface area contributed by atoms with Crippen LogP contribution in [0.15, 0.2) is 35.2 Å². The number of rotatable bonds is 4. The van der Waals surface area contributed by atoms with E-state index >= 15 is 0 Å². The van der Waals surface area contributed by atoms with E-state index in [1.807, 2.05) is 11.8 Å². The van der Waals surface area contributed by atoms with Crippen LogP contribution in [0.2, 0.25) is 0 Å². The van der Waals surface area contributed by atoms with E-state index in [2.05, 4.69) is 20.0 Å². The maximum Gasteiger partial charge on any atom is 0.257 e. The molecule has 6 nitrogen and oxygen atoms in total. The fraction of sp³-hybridized carbons (Fsp3) is 0.308. The van der Waals surface area contributed by atoms with Gasteiger partial charge >= 0.3 is 0 Å². The zero-order valence-electron chi connectivity index (χ0n) is 10.6. The number of thioether (sulfide) groups is 1. The third-order valence-electron chi connectivity index (χ3n) is 2.85. The van der Waals surface area contributed by atoms with Crippen molar-refractivity contribution < 1.29 is 14.1 Å². The van der Waals surface area contributed by atoms with E-state index in [9.17, 15) is 4.79 Å². The van der Waals surface area contributed by atoms with Crippen LogP contribution in [0.5, 0.6) is 5.88 Å². The van der Waals surface area contributed by atoms with Crippen LogP contribution >= 0.6 is 11.8 Å². The highest BCUT2D eigenvalue weighted by atomic mass is 32.2. The van der Waals surface area contributed by atoms with Gasteiger partial charge in [-0.3, -0.25) is 4.79 Å². The lowest BCUT2D eigenvalue weighted by Crippen LogP contribution is -2.17. The number of aromatic nitrogens is 2. The summed E-state index contributed by atoms with van der Waals surface area (Å²) in [5, 5.41) is 6.26. The average Bonchev–Trinajstić information content (AvgIpc) is 3.12. The van der Waals surface area contributed by atoms with Gasteiger partial charge in [-0.15, -0.1) is 0 Å². The molecule has 1 fully saturated rings. The third-order valence-corrected chi connectivity index (χ3v) is 3.98. The maximum atomic E-state index is 12.0. The van der Waals surface area contributed by atoms with Gasteiger partial charge in [0, 0.05) is 29.6 Å². The summed E-state index contributed by atoms with van der Waals surface area (Å²) in [6.45, 7) is 0. The van der Waals surface area contributed by atoms with Gasteiger partial charge in [0.15, 0.2) is 5.82 Å². The fourth-order valence-corrected chi connectivity index (χ4v) is 2.95. The SMILES string of the molecule is O=C(Nc1ccon1)c1ccnc(O[C@H]2CCSC2)c1. The average molecular weight is 291 g/mol. The molecular formula is C13H13N3O3S. The van der Waals surface area contributed by atoms with Crippen molar-refractivity contribution in [1.29, 1.82) is 0 Å². The van der Waals surface area contributed by atoms with Crippen molar-refractivity contribution in [3.8, 4) is 5.88 Å². The number of amides is 1. The van der Waals surface area contributed by atoms with E-state index in [1.54, 1.807) is 24.4 Å². The van der Waals surface area contributed by atoms with E-state index in [1.165, 1.54) is 6.26 Å². The largest absolute Gasteiger partial charge is 0.473 e. The van der Waals surface area contributed by atoms with Crippen LogP contribution in [-0.2, 0) is 0 Å². The third kappa shape index (κ3) is 3.11. The first-order valence-corrected chi connectivity index (χ1v) is 7.39. The standard InChI is InChI=1S/C13H13N3O3S/c17-13(15-11-2-5-18-16-11)9-1-4-14-12(7-9)19-10-3-6-20-8-10/h1-2,4-5,7,10H,3,6,8H2,(H,15,16,17)/t10-/m0/s1. The van der Waals surface area contributed by atoms with Crippen molar-refractivity contribution in [2.45, 2.75) is 12.5 Å². The Morgan fingerprint density at radius 3 is 3.20 bits per heavy atom. The Morgan fingerprint density at radius 1 is 1.50 bits per heavy atom. The summed E-state index contributed by atoms with van der Waals surface area (Å²) in [6, 6.07) is 4.84. The lowest BCUT2D eigenvalue weighted by molar-refractivity contribution is 0.102. The molecule has 7 heteroatoms. The highest BCUT2D eigenvalue weighted by Crippen LogP contribution is 2.22. The van der Waals surface area contributed by atoms with Crippen molar-refractivity contribution in [2.24, 2.45) is 0 Å². The minimum absolute atomic E-state index is 0.182. The van der Waals surface area contributed by atoms with Crippen molar-refractivity contribution in [3.63, 3.8) is 0 Å². The molecule has 1 aliphatic heterocycles. The minimum atomic E-state index is -0.271. The molecule has 0 aliphatic carbocycles. The van der Waals surface area contributed by atoms with E-state index in [0.29, 0.717) is 17.3 Å². The molecule has 3 heterocycles. The Labute approximate surface area is 119 Å². The molecule has 1 saturated heterocycles. The maximum absolute atomic E-state index is 12.0. The lowest BCUT2D eigenvalue weighted by atomic mass is 10.2. The highest BCUT2D eigenvalue weighted by molar-refractivity contribution is 7.99. The van der Waals surface area contributed by atoms with E-state index in [4.69, 9.17) is 4.74 Å². The van der Waals surface area contributed by atoms with Crippen LogP contribution in [0, 0.1) is 0 Å². The number of ether oxygens (including phenoxy) is 1. The summed E-state index contributed by atoms with van der Waals surface area (Å²) in [5.41, 5.74) is 0.476. The molecule has 0 unspecified atom stereocenters. The van der Waals surface area contributed by atoms with Gasteiger partial charge in [-0.25, -0.2) is 4.98 Å². The van der Waals surface area contributed by atoms with Crippen molar-refractivity contribution >= 4 is 23.5 Å². The summed E-state index contributed by atoms with van der Waals surface area (Å²) in [7, 11) is 0. The number of pyridine rings is 1. The summed E-state index contributed by atoms with van der Waals surface area (Å²) in [5.74, 6) is 2.66. The zero-order valence-corrected chi connectivity index (χ0v) is 11.4. The van der Waals surface area contributed by atoms with Crippen LogP contribution in [0.1, 0.15) is 16.8 Å². The molecule has 2 aromatic rings. The zero-order chi connectivity index (χ0) is 13.8. The molecule has 1 N–H and O–H groups in total. The van der Waals surface area contributed by atoms with Gasteiger partial charge < -0.3 is 14.6 Å². The van der Waals surface area contributed by atoms with Crippen LogP contribution in [0.25, 0.3) is 0 Å². The van der Waals surface area contributed by atoms with Crippen molar-refractivity contribution in [3.05, 3.63) is 36.2 Å². The first-order chi connectivity index (χ1) is 9.81. The molecule has 104 valence electrons. The van der Waals surface area contributed by atoms with Gasteiger partial charge in [-0.1, -0.05) is 5.16 Å². The predicted molar refractivity (Wildman–Crippen MR) is 75.1 cm³/mol. The Kier molecular flexibility index (Phi) is 3.87. The lowest BCUT2D eigenvalue weighted by Gasteiger charge is -2.11. The Bertz CT molecular complexity index is 582.